The lowest BCUT2D eigenvalue weighted by molar-refractivity contribution is -0.883. The molecule has 0 radical (unpaired) electrons. The number of carboxylic acid groups (broad SMARTS) is 1. The largest absolute Gasteiger partial charge is 0.477 e. The fraction of sp³-hybridized carbons (Fsp3) is 0.778. The summed E-state index contributed by atoms with van der Waals surface area (Å²) in [6.07, 6.45) is 11.6. The number of hydrogen-bond donors (Lipinski definition) is 1. The number of ether oxygens (including phenoxy) is 1. The van der Waals surface area contributed by atoms with Crippen molar-refractivity contribution < 1.29 is 23.9 Å². The van der Waals surface area contributed by atoms with Crippen molar-refractivity contribution in [3.63, 3.8) is 0 Å². The smallest absolute Gasteiger partial charge is 0.359 e. The molecule has 5 nitrogen and oxygen atoms in total. The Hall–Kier alpha value is -1.36. The van der Waals surface area contributed by atoms with E-state index >= 15 is 0 Å². The van der Waals surface area contributed by atoms with Crippen LogP contribution in [0.15, 0.2) is 12.7 Å². The van der Waals surface area contributed by atoms with Crippen molar-refractivity contribution in [2.24, 2.45) is 0 Å². The molecule has 0 aromatic carbocycles. The summed E-state index contributed by atoms with van der Waals surface area (Å²) in [4.78, 5) is 21.5. The summed E-state index contributed by atoms with van der Waals surface area (Å²) in [6.45, 7) is 4.97. The van der Waals surface area contributed by atoms with Crippen LogP contribution < -0.4 is 0 Å². The molecule has 0 bridgehead atoms. The minimum absolute atomic E-state index is 0.197. The zero-order valence-electron chi connectivity index (χ0n) is 14.9. The van der Waals surface area contributed by atoms with Crippen LogP contribution in [0.25, 0.3) is 0 Å². The molecule has 0 aromatic rings. The molecule has 23 heavy (non-hydrogen) atoms. The fourth-order valence-corrected chi connectivity index (χ4v) is 2.56. The van der Waals surface area contributed by atoms with Crippen molar-refractivity contribution in [3.8, 4) is 0 Å². The number of aliphatic carboxylic acids is 1. The van der Waals surface area contributed by atoms with Crippen LogP contribution in [0.4, 0.5) is 0 Å². The number of carboxylic acids is 1. The highest BCUT2D eigenvalue weighted by Crippen LogP contribution is 2.11. The first kappa shape index (κ1) is 21.6. The highest BCUT2D eigenvalue weighted by molar-refractivity contribution is 5.81. The minimum atomic E-state index is -0.728. The lowest BCUT2D eigenvalue weighted by Crippen LogP contribution is -2.44. The normalized spacial score (nSPS) is 11.2. The maximum Gasteiger partial charge on any atom is 0.359 e. The zero-order chi connectivity index (χ0) is 17.6. The van der Waals surface area contributed by atoms with Gasteiger partial charge < -0.3 is 14.3 Å². The third kappa shape index (κ3) is 15.3. The summed E-state index contributed by atoms with van der Waals surface area (Å²) in [5, 5.41) is 8.82. The zero-order valence-corrected chi connectivity index (χ0v) is 14.9. The van der Waals surface area contributed by atoms with Crippen LogP contribution in [0.3, 0.4) is 0 Å². The number of nitrogens with zero attached hydrogens (tertiary/aromatic N) is 1. The molecule has 0 aliphatic heterocycles. The second-order valence-electron chi connectivity index (χ2n) is 6.76. The third-order valence-electron chi connectivity index (χ3n) is 3.88. The minimum Gasteiger partial charge on any atom is -0.477 e. The molecule has 0 aromatic heterocycles. The van der Waals surface area contributed by atoms with E-state index in [2.05, 4.69) is 6.58 Å². The van der Waals surface area contributed by atoms with Crippen molar-refractivity contribution in [2.45, 2.75) is 57.8 Å². The van der Waals surface area contributed by atoms with Crippen molar-refractivity contribution in [2.75, 3.05) is 33.8 Å². The topological polar surface area (TPSA) is 63.6 Å². The molecule has 0 spiro atoms. The van der Waals surface area contributed by atoms with E-state index in [9.17, 15) is 9.59 Å². The summed E-state index contributed by atoms with van der Waals surface area (Å²) in [7, 11) is 3.95. The van der Waals surface area contributed by atoms with Gasteiger partial charge in [-0.3, -0.25) is 0 Å². The van der Waals surface area contributed by atoms with Crippen LogP contribution in [0.1, 0.15) is 57.8 Å². The van der Waals surface area contributed by atoms with Gasteiger partial charge in [0.05, 0.1) is 27.2 Å². The van der Waals surface area contributed by atoms with E-state index in [-0.39, 0.29) is 12.5 Å². The molecule has 0 aliphatic carbocycles. The molecule has 0 amide bonds. The van der Waals surface area contributed by atoms with Crippen molar-refractivity contribution in [1.29, 1.82) is 0 Å². The molecule has 0 saturated carbocycles. The number of likely N-dealkylation sites (N-methyl/N-ethyl adjacent to an activating group) is 1. The van der Waals surface area contributed by atoms with Gasteiger partial charge in [-0.25, -0.2) is 9.59 Å². The molecule has 0 unspecified atom stereocenters. The molecule has 0 rings (SSSR count). The standard InChI is InChI=1S/C18H33NO4/c1-4-18(22)23-15-13-11-9-7-5-6-8-10-12-14-19(2,3)16-17(20)21/h4H,1,5-16H2,2-3H3/p+1. The van der Waals surface area contributed by atoms with Gasteiger partial charge in [-0.1, -0.05) is 45.1 Å². The Morgan fingerprint density at radius 2 is 1.43 bits per heavy atom. The van der Waals surface area contributed by atoms with Gasteiger partial charge in [0.15, 0.2) is 6.54 Å². The van der Waals surface area contributed by atoms with Crippen LogP contribution >= 0.6 is 0 Å². The Morgan fingerprint density at radius 1 is 0.957 bits per heavy atom. The first-order valence-electron chi connectivity index (χ1n) is 8.70. The Labute approximate surface area is 140 Å². The Kier molecular flexibility index (Phi) is 12.3. The quantitative estimate of drug-likeness (QED) is 0.217. The van der Waals surface area contributed by atoms with E-state index in [0.29, 0.717) is 11.1 Å². The third-order valence-corrected chi connectivity index (χ3v) is 3.88. The lowest BCUT2D eigenvalue weighted by Gasteiger charge is -2.27. The number of unbranched alkanes of at least 4 members (excludes halogenated alkanes) is 8. The maximum absolute atomic E-state index is 10.8. The van der Waals surface area contributed by atoms with E-state index in [4.69, 9.17) is 9.84 Å². The predicted molar refractivity (Wildman–Crippen MR) is 92.2 cm³/mol. The van der Waals surface area contributed by atoms with E-state index in [1.165, 1.54) is 44.6 Å². The summed E-state index contributed by atoms with van der Waals surface area (Å²) in [6, 6.07) is 0. The van der Waals surface area contributed by atoms with E-state index < -0.39 is 5.97 Å². The number of rotatable bonds is 15. The second-order valence-corrected chi connectivity index (χ2v) is 6.76. The second kappa shape index (κ2) is 13.1. The molecule has 0 heterocycles. The van der Waals surface area contributed by atoms with Gasteiger partial charge >= 0.3 is 11.9 Å². The maximum atomic E-state index is 10.8. The van der Waals surface area contributed by atoms with Gasteiger partial charge in [0.2, 0.25) is 0 Å². The average molecular weight is 328 g/mol. The van der Waals surface area contributed by atoms with Crippen LogP contribution in [-0.2, 0) is 14.3 Å². The molecule has 1 N–H and O–H groups in total. The van der Waals surface area contributed by atoms with Crippen LogP contribution in [-0.4, -0.2) is 55.3 Å². The van der Waals surface area contributed by atoms with Gasteiger partial charge in [-0.15, -0.1) is 0 Å². The summed E-state index contributed by atoms with van der Waals surface area (Å²) < 4.78 is 5.48. The number of carbonyl (C=O) groups excluding carboxylic acids is 1. The van der Waals surface area contributed by atoms with E-state index in [1.54, 1.807) is 0 Å². The van der Waals surface area contributed by atoms with Crippen LogP contribution in [0.2, 0.25) is 0 Å². The molecular formula is C18H34NO4+. The van der Waals surface area contributed by atoms with Gasteiger partial charge in [-0.05, 0) is 19.3 Å². The monoisotopic (exact) mass is 328 g/mol. The van der Waals surface area contributed by atoms with E-state index in [0.717, 1.165) is 25.8 Å². The number of esters is 1. The molecule has 5 heteroatoms. The summed E-state index contributed by atoms with van der Waals surface area (Å²) >= 11 is 0. The predicted octanol–water partition coefficient (Wildman–Crippen LogP) is 3.39. The van der Waals surface area contributed by atoms with E-state index in [1.807, 2.05) is 14.1 Å². The lowest BCUT2D eigenvalue weighted by atomic mass is 10.1. The van der Waals surface area contributed by atoms with Crippen molar-refractivity contribution >= 4 is 11.9 Å². The average Bonchev–Trinajstić information content (AvgIpc) is 2.46. The number of quaternary nitrogens is 1. The van der Waals surface area contributed by atoms with Gasteiger partial charge in [0, 0.05) is 6.08 Å². The van der Waals surface area contributed by atoms with Gasteiger partial charge in [-0.2, -0.15) is 0 Å². The highest BCUT2D eigenvalue weighted by Gasteiger charge is 2.18. The van der Waals surface area contributed by atoms with Crippen molar-refractivity contribution in [1.82, 2.24) is 0 Å². The molecule has 134 valence electrons. The first-order chi connectivity index (χ1) is 10.9. The fourth-order valence-electron chi connectivity index (χ4n) is 2.56. The van der Waals surface area contributed by atoms with Crippen LogP contribution in [0.5, 0.6) is 0 Å². The Balaban J connectivity index is 3.29. The summed E-state index contributed by atoms with van der Waals surface area (Å²) in [5.74, 6) is -1.07. The number of hydrogen-bond acceptors (Lipinski definition) is 3. The molecule has 0 fully saturated rings. The van der Waals surface area contributed by atoms with Gasteiger partial charge in [0.1, 0.15) is 0 Å². The van der Waals surface area contributed by atoms with Gasteiger partial charge in [0.25, 0.3) is 0 Å². The van der Waals surface area contributed by atoms with Crippen LogP contribution in [0, 0.1) is 0 Å². The summed E-state index contributed by atoms with van der Waals surface area (Å²) in [5.41, 5.74) is 0. The molecule has 0 aliphatic rings. The molecule has 0 saturated heterocycles. The SMILES string of the molecule is C=CC(=O)OCCCCCCCCCCC[N+](C)(C)CC(=O)O. The first-order valence-corrected chi connectivity index (χ1v) is 8.70. The Bertz CT molecular complexity index is 353. The molecular weight excluding hydrogens is 294 g/mol. The Morgan fingerprint density at radius 3 is 1.91 bits per heavy atom. The number of carbonyl (C=O) groups is 2. The van der Waals surface area contributed by atoms with Crippen molar-refractivity contribution in [3.05, 3.63) is 12.7 Å². The highest BCUT2D eigenvalue weighted by atomic mass is 16.5. The molecule has 0 atom stereocenters.